The first-order chi connectivity index (χ1) is 6.25. The smallest absolute Gasteiger partial charge is 0.0659 e. The van der Waals surface area contributed by atoms with Crippen molar-refractivity contribution >= 4 is 0 Å². The molecule has 80 valence electrons. The minimum atomic E-state index is 0.281. The fraction of sp³-hybridized carbons (Fsp3) is 1.00. The molecule has 3 heteroatoms. The number of hydrogen-bond acceptors (Lipinski definition) is 3. The quantitative estimate of drug-likeness (QED) is 0.711. The van der Waals surface area contributed by atoms with Crippen LogP contribution in [0.4, 0.5) is 0 Å². The van der Waals surface area contributed by atoms with E-state index < -0.39 is 0 Å². The molecule has 1 fully saturated rings. The van der Waals surface area contributed by atoms with E-state index in [1.807, 2.05) is 20.9 Å². The second kappa shape index (κ2) is 6.35. The van der Waals surface area contributed by atoms with Crippen LogP contribution in [0.3, 0.4) is 0 Å². The SMILES string of the molecule is CC.CNCC1(COC)CCN1C. The molecule has 13 heavy (non-hydrogen) atoms. The van der Waals surface area contributed by atoms with Crippen molar-refractivity contribution in [2.75, 3.05) is 40.9 Å². The lowest BCUT2D eigenvalue weighted by atomic mass is 9.86. The van der Waals surface area contributed by atoms with Crippen molar-refractivity contribution in [1.29, 1.82) is 0 Å². The van der Waals surface area contributed by atoms with Gasteiger partial charge in [-0.25, -0.2) is 0 Å². The second-order valence-corrected chi connectivity index (χ2v) is 3.36. The van der Waals surface area contributed by atoms with Gasteiger partial charge in [-0.1, -0.05) is 13.8 Å². The first kappa shape index (κ1) is 12.9. The van der Waals surface area contributed by atoms with Gasteiger partial charge in [0.2, 0.25) is 0 Å². The maximum Gasteiger partial charge on any atom is 0.0659 e. The highest BCUT2D eigenvalue weighted by Crippen LogP contribution is 2.27. The number of ether oxygens (including phenoxy) is 1. The van der Waals surface area contributed by atoms with Crippen molar-refractivity contribution in [3.05, 3.63) is 0 Å². The average molecular weight is 188 g/mol. The molecule has 0 bridgehead atoms. The lowest BCUT2D eigenvalue weighted by Gasteiger charge is -2.50. The van der Waals surface area contributed by atoms with E-state index in [1.165, 1.54) is 13.0 Å². The van der Waals surface area contributed by atoms with Crippen molar-refractivity contribution in [1.82, 2.24) is 10.2 Å². The van der Waals surface area contributed by atoms with Crippen molar-refractivity contribution in [2.24, 2.45) is 0 Å². The fourth-order valence-electron chi connectivity index (χ4n) is 1.71. The van der Waals surface area contributed by atoms with Crippen molar-refractivity contribution in [2.45, 2.75) is 25.8 Å². The van der Waals surface area contributed by atoms with Crippen molar-refractivity contribution in [3.63, 3.8) is 0 Å². The standard InChI is InChI=1S/C8H18N2O.C2H6/c1-9-6-8(7-11-3)4-5-10(8)2;1-2/h9H,4-7H2,1-3H3;1-2H3. The Bertz CT molecular complexity index is 122. The molecule has 1 heterocycles. The zero-order valence-electron chi connectivity index (χ0n) is 9.68. The molecule has 1 unspecified atom stereocenters. The molecule has 0 spiro atoms. The third-order valence-electron chi connectivity index (χ3n) is 2.64. The van der Waals surface area contributed by atoms with Gasteiger partial charge < -0.3 is 10.1 Å². The normalized spacial score (nSPS) is 27.5. The van der Waals surface area contributed by atoms with E-state index in [1.54, 1.807) is 7.11 Å². The largest absolute Gasteiger partial charge is 0.383 e. The van der Waals surface area contributed by atoms with E-state index in [-0.39, 0.29) is 5.54 Å². The van der Waals surface area contributed by atoms with Crippen LogP contribution in [0.1, 0.15) is 20.3 Å². The lowest BCUT2D eigenvalue weighted by molar-refractivity contribution is -0.0450. The van der Waals surface area contributed by atoms with E-state index in [4.69, 9.17) is 4.74 Å². The molecule has 1 atom stereocenters. The lowest BCUT2D eigenvalue weighted by Crippen LogP contribution is -2.64. The monoisotopic (exact) mass is 188 g/mol. The Morgan fingerprint density at radius 1 is 1.46 bits per heavy atom. The van der Waals surface area contributed by atoms with E-state index in [2.05, 4.69) is 17.3 Å². The minimum absolute atomic E-state index is 0.281. The molecule has 0 aromatic heterocycles. The number of likely N-dealkylation sites (N-methyl/N-ethyl adjacent to an activating group) is 2. The number of methoxy groups -OCH3 is 1. The van der Waals surface area contributed by atoms with Crippen LogP contribution in [0.5, 0.6) is 0 Å². The summed E-state index contributed by atoms with van der Waals surface area (Å²) in [5.74, 6) is 0. The molecule has 0 saturated carbocycles. The summed E-state index contributed by atoms with van der Waals surface area (Å²) in [6.45, 7) is 7.06. The topological polar surface area (TPSA) is 24.5 Å². The van der Waals surface area contributed by atoms with E-state index in [0.717, 1.165) is 13.2 Å². The minimum Gasteiger partial charge on any atom is -0.383 e. The maximum absolute atomic E-state index is 5.19. The van der Waals surface area contributed by atoms with E-state index in [0.29, 0.717) is 0 Å². The van der Waals surface area contributed by atoms with Crippen LogP contribution < -0.4 is 5.32 Å². The summed E-state index contributed by atoms with van der Waals surface area (Å²) in [5, 5.41) is 3.20. The van der Waals surface area contributed by atoms with Gasteiger partial charge in [-0.05, 0) is 20.5 Å². The number of nitrogens with zero attached hydrogens (tertiary/aromatic N) is 1. The molecule has 0 aromatic rings. The first-order valence-electron chi connectivity index (χ1n) is 5.10. The Balaban J connectivity index is 0.000000671. The summed E-state index contributed by atoms with van der Waals surface area (Å²) in [5.41, 5.74) is 0.281. The molecule has 0 aromatic carbocycles. The Labute approximate surface area is 82.4 Å². The van der Waals surface area contributed by atoms with Crippen molar-refractivity contribution < 1.29 is 4.74 Å². The van der Waals surface area contributed by atoms with Gasteiger partial charge in [0, 0.05) is 20.2 Å². The molecule has 0 amide bonds. The highest BCUT2D eigenvalue weighted by molar-refractivity contribution is 4.99. The summed E-state index contributed by atoms with van der Waals surface area (Å²) in [7, 11) is 5.91. The summed E-state index contributed by atoms with van der Waals surface area (Å²) in [4.78, 5) is 2.35. The zero-order valence-corrected chi connectivity index (χ0v) is 9.68. The van der Waals surface area contributed by atoms with Crippen LogP contribution in [-0.4, -0.2) is 51.3 Å². The van der Waals surface area contributed by atoms with Gasteiger partial charge in [0.25, 0.3) is 0 Å². The van der Waals surface area contributed by atoms with Crippen LogP contribution in [0, 0.1) is 0 Å². The number of rotatable bonds is 4. The van der Waals surface area contributed by atoms with Gasteiger partial charge in [0.05, 0.1) is 12.1 Å². The van der Waals surface area contributed by atoms with Crippen LogP contribution in [0.2, 0.25) is 0 Å². The molecule has 1 rings (SSSR count). The van der Waals surface area contributed by atoms with Gasteiger partial charge in [0.1, 0.15) is 0 Å². The molecule has 1 aliphatic rings. The second-order valence-electron chi connectivity index (χ2n) is 3.36. The van der Waals surface area contributed by atoms with Gasteiger partial charge in [-0.2, -0.15) is 0 Å². The van der Waals surface area contributed by atoms with Gasteiger partial charge >= 0.3 is 0 Å². The molecule has 0 aliphatic carbocycles. The molecule has 1 N–H and O–H groups in total. The third-order valence-corrected chi connectivity index (χ3v) is 2.64. The number of nitrogens with one attached hydrogen (secondary N) is 1. The van der Waals surface area contributed by atoms with Crippen LogP contribution in [-0.2, 0) is 4.74 Å². The van der Waals surface area contributed by atoms with Gasteiger partial charge in [-0.15, -0.1) is 0 Å². The molecule has 1 aliphatic heterocycles. The average Bonchev–Trinajstić information content (AvgIpc) is 2.18. The van der Waals surface area contributed by atoms with Gasteiger partial charge in [0.15, 0.2) is 0 Å². The molecule has 3 nitrogen and oxygen atoms in total. The Morgan fingerprint density at radius 2 is 2.08 bits per heavy atom. The first-order valence-corrected chi connectivity index (χ1v) is 5.10. The predicted molar refractivity (Wildman–Crippen MR) is 57.1 cm³/mol. The highest BCUT2D eigenvalue weighted by atomic mass is 16.5. The molecule has 0 radical (unpaired) electrons. The molecular formula is C10H24N2O. The van der Waals surface area contributed by atoms with Crippen LogP contribution in [0.15, 0.2) is 0 Å². The third kappa shape index (κ3) is 2.93. The van der Waals surface area contributed by atoms with E-state index >= 15 is 0 Å². The summed E-state index contributed by atoms with van der Waals surface area (Å²) >= 11 is 0. The fourth-order valence-corrected chi connectivity index (χ4v) is 1.71. The van der Waals surface area contributed by atoms with Gasteiger partial charge in [-0.3, -0.25) is 4.90 Å². The summed E-state index contributed by atoms with van der Waals surface area (Å²) in [6, 6.07) is 0. The zero-order chi connectivity index (χ0) is 10.3. The highest BCUT2D eigenvalue weighted by Gasteiger charge is 2.41. The van der Waals surface area contributed by atoms with E-state index in [9.17, 15) is 0 Å². The number of likely N-dealkylation sites (tertiary alicyclic amines) is 1. The number of hydrogen-bond donors (Lipinski definition) is 1. The summed E-state index contributed by atoms with van der Waals surface area (Å²) in [6.07, 6.45) is 1.25. The molecule has 1 saturated heterocycles. The maximum atomic E-state index is 5.19. The van der Waals surface area contributed by atoms with Crippen molar-refractivity contribution in [3.8, 4) is 0 Å². The Hall–Kier alpha value is -0.120. The van der Waals surface area contributed by atoms with Crippen LogP contribution >= 0.6 is 0 Å². The Morgan fingerprint density at radius 3 is 2.31 bits per heavy atom. The molecular weight excluding hydrogens is 164 g/mol. The predicted octanol–water partition coefficient (Wildman–Crippen LogP) is 0.953. The summed E-state index contributed by atoms with van der Waals surface area (Å²) < 4.78 is 5.19. The van der Waals surface area contributed by atoms with Crippen LogP contribution in [0.25, 0.3) is 0 Å². The Kier molecular flexibility index (Phi) is 6.29.